The van der Waals surface area contributed by atoms with Gasteiger partial charge in [0.25, 0.3) is 0 Å². The van der Waals surface area contributed by atoms with Crippen LogP contribution in [0.15, 0.2) is 26.0 Å². The van der Waals surface area contributed by atoms with Crippen LogP contribution in [0.4, 0.5) is 0 Å². The van der Waals surface area contributed by atoms with Crippen molar-refractivity contribution < 1.29 is 9.21 Å². The van der Waals surface area contributed by atoms with Gasteiger partial charge in [0.2, 0.25) is 0 Å². The van der Waals surface area contributed by atoms with Crippen molar-refractivity contribution in [1.29, 1.82) is 0 Å². The van der Waals surface area contributed by atoms with Crippen molar-refractivity contribution in [3.05, 3.63) is 23.7 Å². The molecule has 72 valence electrons. The lowest BCUT2D eigenvalue weighted by Crippen LogP contribution is -1.72. The number of aromatic nitrogens is 2. The molecule has 14 heavy (non-hydrogen) atoms. The Morgan fingerprint density at radius 1 is 1.57 bits per heavy atom. The Morgan fingerprint density at radius 3 is 3.00 bits per heavy atom. The predicted molar refractivity (Wildman–Crippen MR) is 52.9 cm³/mol. The average Bonchev–Trinajstić information content (AvgIpc) is 2.76. The smallest absolute Gasteiger partial charge is 0.185 e. The molecule has 0 aromatic carbocycles. The lowest BCUT2D eigenvalue weighted by Gasteiger charge is -1.88. The molecule has 0 amide bonds. The van der Waals surface area contributed by atoms with Crippen molar-refractivity contribution in [1.82, 2.24) is 9.36 Å². The van der Waals surface area contributed by atoms with Crippen LogP contribution in [0.2, 0.25) is 0 Å². The molecule has 2 aromatic rings. The predicted octanol–water partition coefficient (Wildman–Crippen LogP) is 2.40. The standard InChI is InChI=1S/C8H6N2O2S2/c1-5-9-8(14-10-5)13-7-3-2-6(4-11)12-7/h2-4H,1H3. The highest BCUT2D eigenvalue weighted by Gasteiger charge is 2.06. The van der Waals surface area contributed by atoms with Gasteiger partial charge in [0, 0.05) is 0 Å². The zero-order chi connectivity index (χ0) is 9.97. The van der Waals surface area contributed by atoms with Crippen LogP contribution in [-0.4, -0.2) is 15.6 Å². The van der Waals surface area contributed by atoms with Crippen molar-refractivity contribution >= 4 is 29.6 Å². The van der Waals surface area contributed by atoms with Crippen LogP contribution in [0.1, 0.15) is 16.4 Å². The van der Waals surface area contributed by atoms with Crippen molar-refractivity contribution in [2.75, 3.05) is 0 Å². The van der Waals surface area contributed by atoms with E-state index in [4.69, 9.17) is 4.42 Å². The first-order valence-corrected chi connectivity index (χ1v) is 5.40. The Hall–Kier alpha value is -1.14. The van der Waals surface area contributed by atoms with Crippen molar-refractivity contribution in [2.24, 2.45) is 0 Å². The molecule has 0 aliphatic carbocycles. The van der Waals surface area contributed by atoms with Gasteiger partial charge in [-0.15, -0.1) is 0 Å². The van der Waals surface area contributed by atoms with Gasteiger partial charge >= 0.3 is 0 Å². The monoisotopic (exact) mass is 226 g/mol. The van der Waals surface area contributed by atoms with Gasteiger partial charge in [-0.3, -0.25) is 4.79 Å². The molecule has 0 unspecified atom stereocenters. The summed E-state index contributed by atoms with van der Waals surface area (Å²) in [6.07, 6.45) is 0.676. The van der Waals surface area contributed by atoms with E-state index in [0.29, 0.717) is 17.1 Å². The normalized spacial score (nSPS) is 10.4. The molecule has 6 heteroatoms. The molecule has 0 spiro atoms. The van der Waals surface area contributed by atoms with E-state index in [2.05, 4.69) is 9.36 Å². The second-order valence-corrected chi connectivity index (χ2v) is 4.49. The molecule has 0 bridgehead atoms. The first-order valence-electron chi connectivity index (χ1n) is 3.81. The van der Waals surface area contributed by atoms with E-state index in [9.17, 15) is 4.79 Å². The summed E-state index contributed by atoms with van der Waals surface area (Å²) in [6, 6.07) is 3.37. The van der Waals surface area contributed by atoms with E-state index >= 15 is 0 Å². The Morgan fingerprint density at radius 2 is 2.43 bits per heavy atom. The lowest BCUT2D eigenvalue weighted by molar-refractivity contribution is 0.109. The molecule has 0 radical (unpaired) electrons. The number of carbonyl (C=O) groups excluding carboxylic acids is 1. The number of aldehydes is 1. The maximum atomic E-state index is 10.3. The summed E-state index contributed by atoms with van der Waals surface area (Å²) in [4.78, 5) is 14.5. The van der Waals surface area contributed by atoms with Gasteiger partial charge in [0.1, 0.15) is 5.82 Å². The highest BCUT2D eigenvalue weighted by atomic mass is 32.2. The number of furan rings is 1. The summed E-state index contributed by atoms with van der Waals surface area (Å²) in [7, 11) is 0. The summed E-state index contributed by atoms with van der Waals surface area (Å²) < 4.78 is 10.0. The van der Waals surface area contributed by atoms with E-state index in [1.807, 2.05) is 6.92 Å². The maximum Gasteiger partial charge on any atom is 0.185 e. The Balaban J connectivity index is 2.14. The fourth-order valence-corrected chi connectivity index (χ4v) is 2.41. The van der Waals surface area contributed by atoms with Crippen molar-refractivity contribution in [3.8, 4) is 0 Å². The van der Waals surface area contributed by atoms with Gasteiger partial charge in [0.05, 0.1) is 0 Å². The van der Waals surface area contributed by atoms with Crippen LogP contribution in [-0.2, 0) is 0 Å². The molecular weight excluding hydrogens is 220 g/mol. The minimum absolute atomic E-state index is 0.328. The Labute approximate surface area is 88.5 Å². The SMILES string of the molecule is Cc1nsc(Sc2ccc(C=O)o2)n1. The van der Waals surface area contributed by atoms with E-state index < -0.39 is 0 Å². The van der Waals surface area contributed by atoms with Crippen LogP contribution in [0, 0.1) is 6.92 Å². The van der Waals surface area contributed by atoms with Crippen LogP contribution >= 0.6 is 23.3 Å². The molecule has 0 atom stereocenters. The molecule has 0 fully saturated rings. The average molecular weight is 226 g/mol. The van der Waals surface area contributed by atoms with Gasteiger partial charge in [-0.2, -0.15) is 4.37 Å². The van der Waals surface area contributed by atoms with Gasteiger partial charge in [-0.1, -0.05) is 0 Å². The van der Waals surface area contributed by atoms with Crippen LogP contribution < -0.4 is 0 Å². The number of aryl methyl sites for hydroxylation is 1. The third kappa shape index (κ3) is 2.02. The summed E-state index contributed by atoms with van der Waals surface area (Å²) in [5, 5.41) is 0.656. The number of nitrogens with zero attached hydrogens (tertiary/aromatic N) is 2. The van der Waals surface area contributed by atoms with Crippen LogP contribution in [0.3, 0.4) is 0 Å². The molecule has 0 aliphatic rings. The maximum absolute atomic E-state index is 10.3. The molecule has 4 nitrogen and oxygen atoms in total. The first kappa shape index (κ1) is 9.42. The zero-order valence-electron chi connectivity index (χ0n) is 7.26. The van der Waals surface area contributed by atoms with Gasteiger partial charge in [-0.25, -0.2) is 4.98 Å². The Bertz CT molecular complexity index is 450. The summed E-state index contributed by atoms with van der Waals surface area (Å²) >= 11 is 2.68. The van der Waals surface area contributed by atoms with Crippen molar-refractivity contribution in [2.45, 2.75) is 16.4 Å². The number of carbonyl (C=O) groups is 1. The highest BCUT2D eigenvalue weighted by molar-refractivity contribution is 8.00. The highest BCUT2D eigenvalue weighted by Crippen LogP contribution is 2.29. The van der Waals surface area contributed by atoms with Crippen molar-refractivity contribution in [3.63, 3.8) is 0 Å². The number of hydrogen-bond acceptors (Lipinski definition) is 6. The Kier molecular flexibility index (Phi) is 2.64. The van der Waals surface area contributed by atoms with Gasteiger partial charge in [-0.05, 0) is 42.4 Å². The summed E-state index contributed by atoms with van der Waals surface area (Å²) in [5.41, 5.74) is 0. The van der Waals surface area contributed by atoms with E-state index in [1.54, 1.807) is 12.1 Å². The van der Waals surface area contributed by atoms with E-state index in [1.165, 1.54) is 23.3 Å². The second-order valence-electron chi connectivity index (χ2n) is 2.48. The number of rotatable bonds is 3. The summed E-state index contributed by atoms with van der Waals surface area (Å²) in [6.45, 7) is 1.83. The third-order valence-electron chi connectivity index (χ3n) is 1.42. The second kappa shape index (κ2) is 3.93. The fraction of sp³-hybridized carbons (Fsp3) is 0.125. The molecule has 0 N–H and O–H groups in total. The topological polar surface area (TPSA) is 56.0 Å². The molecule has 0 aliphatic heterocycles. The molecule has 2 aromatic heterocycles. The molecule has 2 heterocycles. The van der Waals surface area contributed by atoms with Gasteiger partial charge in [0.15, 0.2) is 21.5 Å². The largest absolute Gasteiger partial charge is 0.447 e. The lowest BCUT2D eigenvalue weighted by atomic mass is 10.5. The third-order valence-corrected chi connectivity index (χ3v) is 3.18. The minimum Gasteiger partial charge on any atom is -0.447 e. The van der Waals surface area contributed by atoms with Crippen LogP contribution in [0.25, 0.3) is 0 Å². The molecular formula is C8H6N2O2S2. The number of hydrogen-bond donors (Lipinski definition) is 0. The van der Waals surface area contributed by atoms with Gasteiger partial charge < -0.3 is 4.42 Å². The molecule has 2 rings (SSSR count). The minimum atomic E-state index is 0.328. The van der Waals surface area contributed by atoms with E-state index in [0.717, 1.165) is 10.2 Å². The fourth-order valence-electron chi connectivity index (χ4n) is 0.858. The molecule has 0 saturated carbocycles. The first-order chi connectivity index (χ1) is 6.78. The van der Waals surface area contributed by atoms with E-state index in [-0.39, 0.29) is 0 Å². The molecule has 0 saturated heterocycles. The van der Waals surface area contributed by atoms with Crippen LogP contribution in [0.5, 0.6) is 0 Å². The zero-order valence-corrected chi connectivity index (χ0v) is 8.89. The summed E-state index contributed by atoms with van der Waals surface area (Å²) in [5.74, 6) is 1.08. The quantitative estimate of drug-likeness (QED) is 0.752.